The maximum absolute atomic E-state index is 10.5. The average molecular weight is 231 g/mol. The van der Waals surface area contributed by atoms with Gasteiger partial charge in [-0.15, -0.1) is 0 Å². The van der Waals surface area contributed by atoms with Crippen LogP contribution in [0.2, 0.25) is 5.02 Å². The van der Waals surface area contributed by atoms with Crippen molar-refractivity contribution < 1.29 is 9.84 Å². The van der Waals surface area contributed by atoms with E-state index in [2.05, 4.69) is 5.10 Å². The number of rotatable bonds is 1. The molecule has 15 heavy (non-hydrogen) atoms. The van der Waals surface area contributed by atoms with E-state index in [4.69, 9.17) is 16.3 Å². The van der Waals surface area contributed by atoms with Gasteiger partial charge < -0.3 is 9.84 Å². The van der Waals surface area contributed by atoms with Crippen molar-refractivity contribution in [1.29, 1.82) is 0 Å². The van der Waals surface area contributed by atoms with E-state index in [-0.39, 0.29) is 6.10 Å². The first-order valence-electron chi connectivity index (χ1n) is 5.05. The molecule has 5 heteroatoms. The maximum atomic E-state index is 10.5. The summed E-state index contributed by atoms with van der Waals surface area (Å²) in [4.78, 5) is 0. The van der Waals surface area contributed by atoms with Crippen molar-refractivity contribution in [2.75, 3.05) is 6.61 Å². The van der Waals surface area contributed by atoms with Crippen molar-refractivity contribution in [2.45, 2.75) is 31.5 Å². The molecule has 2 heterocycles. The molecule has 1 aliphatic heterocycles. The third-order valence-electron chi connectivity index (χ3n) is 2.88. The van der Waals surface area contributed by atoms with Crippen LogP contribution in [0, 0.1) is 0 Å². The highest BCUT2D eigenvalue weighted by Gasteiger charge is 2.39. The molecule has 0 aromatic carbocycles. The molecule has 0 saturated carbocycles. The molecule has 4 nitrogen and oxygen atoms in total. The fourth-order valence-electron chi connectivity index (χ4n) is 2.21. The molecule has 0 aliphatic carbocycles. The summed E-state index contributed by atoms with van der Waals surface area (Å²) in [5, 5.41) is 15.1. The molecule has 0 spiro atoms. The lowest BCUT2D eigenvalue weighted by Crippen LogP contribution is -2.39. The molecule has 84 valence electrons. The molecule has 0 amide bonds. The lowest BCUT2D eigenvalue weighted by Gasteiger charge is -2.35. The van der Waals surface area contributed by atoms with Gasteiger partial charge in [0.2, 0.25) is 0 Å². The lowest BCUT2D eigenvalue weighted by molar-refractivity contribution is -0.105. The van der Waals surface area contributed by atoms with Crippen LogP contribution in [0.3, 0.4) is 0 Å². The van der Waals surface area contributed by atoms with Gasteiger partial charge in [0.05, 0.1) is 29.6 Å². The van der Waals surface area contributed by atoms with Crippen molar-refractivity contribution in [3.05, 3.63) is 16.9 Å². The molecule has 1 aliphatic rings. The molecule has 2 unspecified atom stereocenters. The van der Waals surface area contributed by atoms with Gasteiger partial charge in [-0.1, -0.05) is 11.6 Å². The quantitative estimate of drug-likeness (QED) is 0.795. The molecular formula is C10H15ClN2O2. The van der Waals surface area contributed by atoms with E-state index in [9.17, 15) is 5.11 Å². The number of hydrogen-bond donors (Lipinski definition) is 1. The second kappa shape index (κ2) is 3.77. The summed E-state index contributed by atoms with van der Waals surface area (Å²) < 4.78 is 7.06. The normalized spacial score (nSPS) is 31.9. The number of nitrogens with zero attached hydrogens (tertiary/aromatic N) is 2. The largest absolute Gasteiger partial charge is 0.383 e. The standard InChI is InChI=1S/C10H15ClN2O2/c1-7-5-10(14,3-4-15-7)9-8(11)6-12-13(9)2/h6-7,14H,3-5H2,1-2H3. The van der Waals surface area contributed by atoms with Gasteiger partial charge in [-0.3, -0.25) is 4.68 Å². The van der Waals surface area contributed by atoms with Crippen molar-refractivity contribution in [3.63, 3.8) is 0 Å². The maximum Gasteiger partial charge on any atom is 0.112 e. The summed E-state index contributed by atoms with van der Waals surface area (Å²) in [7, 11) is 1.79. The lowest BCUT2D eigenvalue weighted by atomic mass is 9.87. The van der Waals surface area contributed by atoms with Crippen LogP contribution in [-0.4, -0.2) is 27.6 Å². The van der Waals surface area contributed by atoms with E-state index in [1.807, 2.05) is 6.92 Å². The van der Waals surface area contributed by atoms with E-state index >= 15 is 0 Å². The minimum absolute atomic E-state index is 0.0507. The number of aromatic nitrogens is 2. The van der Waals surface area contributed by atoms with Gasteiger partial charge in [-0.2, -0.15) is 5.10 Å². The zero-order chi connectivity index (χ0) is 11.1. The van der Waals surface area contributed by atoms with Gasteiger partial charge in [-0.05, 0) is 6.92 Å². The Kier molecular flexibility index (Phi) is 2.75. The van der Waals surface area contributed by atoms with Crippen LogP contribution in [0.25, 0.3) is 0 Å². The van der Waals surface area contributed by atoms with Crippen molar-refractivity contribution in [3.8, 4) is 0 Å². The SMILES string of the molecule is CC1CC(O)(c2c(Cl)cnn2C)CCO1. The van der Waals surface area contributed by atoms with Crippen molar-refractivity contribution >= 4 is 11.6 Å². The van der Waals surface area contributed by atoms with Crippen LogP contribution in [0.15, 0.2) is 6.20 Å². The first kappa shape index (κ1) is 10.9. The number of hydrogen-bond acceptors (Lipinski definition) is 3. The Morgan fingerprint density at radius 3 is 3.00 bits per heavy atom. The van der Waals surface area contributed by atoms with Gasteiger partial charge in [0.15, 0.2) is 0 Å². The zero-order valence-corrected chi connectivity index (χ0v) is 9.66. The molecule has 1 aromatic rings. The second-order valence-corrected chi connectivity index (χ2v) is 4.54. The van der Waals surface area contributed by atoms with Crippen LogP contribution in [0.5, 0.6) is 0 Å². The first-order chi connectivity index (χ1) is 7.03. The summed E-state index contributed by atoms with van der Waals surface area (Å²) in [6.07, 6.45) is 2.74. The van der Waals surface area contributed by atoms with Crippen LogP contribution in [0.4, 0.5) is 0 Å². The third kappa shape index (κ3) is 1.89. The Balaban J connectivity index is 2.36. The van der Waals surface area contributed by atoms with E-state index in [1.165, 1.54) is 0 Å². The molecule has 2 atom stereocenters. The molecule has 1 N–H and O–H groups in total. The fourth-order valence-corrected chi connectivity index (χ4v) is 2.56. The monoisotopic (exact) mass is 230 g/mol. The Labute approximate surface area is 93.8 Å². The van der Waals surface area contributed by atoms with E-state index in [1.54, 1.807) is 17.9 Å². The topological polar surface area (TPSA) is 47.3 Å². The molecule has 1 fully saturated rings. The molecule has 0 bridgehead atoms. The Bertz CT molecular complexity index is 347. The number of aryl methyl sites for hydroxylation is 1. The Morgan fingerprint density at radius 1 is 1.73 bits per heavy atom. The third-order valence-corrected chi connectivity index (χ3v) is 3.15. The highest BCUT2D eigenvalue weighted by molar-refractivity contribution is 6.31. The van der Waals surface area contributed by atoms with Gasteiger partial charge in [0.1, 0.15) is 5.60 Å². The van der Waals surface area contributed by atoms with Crippen LogP contribution < -0.4 is 0 Å². The van der Waals surface area contributed by atoms with Crippen molar-refractivity contribution in [2.24, 2.45) is 7.05 Å². The molecule has 0 radical (unpaired) electrons. The van der Waals surface area contributed by atoms with Gasteiger partial charge in [0.25, 0.3) is 0 Å². The highest BCUT2D eigenvalue weighted by atomic mass is 35.5. The van der Waals surface area contributed by atoms with Gasteiger partial charge in [0, 0.05) is 19.9 Å². The average Bonchev–Trinajstić information content (AvgIpc) is 2.46. The number of aliphatic hydroxyl groups is 1. The zero-order valence-electron chi connectivity index (χ0n) is 8.90. The van der Waals surface area contributed by atoms with E-state index < -0.39 is 5.60 Å². The van der Waals surface area contributed by atoms with Gasteiger partial charge >= 0.3 is 0 Å². The predicted octanol–water partition coefficient (Wildman–Crippen LogP) is 1.46. The minimum Gasteiger partial charge on any atom is -0.383 e. The summed E-state index contributed by atoms with van der Waals surface area (Å²) >= 11 is 6.03. The second-order valence-electron chi connectivity index (χ2n) is 4.13. The van der Waals surface area contributed by atoms with Crippen LogP contribution in [0.1, 0.15) is 25.5 Å². The Hall–Kier alpha value is -0.580. The summed E-state index contributed by atoms with van der Waals surface area (Å²) in [5.74, 6) is 0. The highest BCUT2D eigenvalue weighted by Crippen LogP contribution is 2.37. The Morgan fingerprint density at radius 2 is 2.47 bits per heavy atom. The van der Waals surface area contributed by atoms with E-state index in [0.29, 0.717) is 30.2 Å². The minimum atomic E-state index is -0.903. The summed E-state index contributed by atoms with van der Waals surface area (Å²) in [5.41, 5.74) is -0.209. The summed E-state index contributed by atoms with van der Waals surface area (Å²) in [6.45, 7) is 2.51. The molecular weight excluding hydrogens is 216 g/mol. The fraction of sp³-hybridized carbons (Fsp3) is 0.700. The summed E-state index contributed by atoms with van der Waals surface area (Å²) in [6, 6.07) is 0. The number of halogens is 1. The molecule has 1 saturated heterocycles. The smallest absolute Gasteiger partial charge is 0.112 e. The van der Waals surface area contributed by atoms with Crippen LogP contribution >= 0.6 is 11.6 Å². The van der Waals surface area contributed by atoms with Gasteiger partial charge in [-0.25, -0.2) is 0 Å². The number of ether oxygens (including phenoxy) is 1. The van der Waals surface area contributed by atoms with E-state index in [0.717, 1.165) is 0 Å². The molecule has 1 aromatic heterocycles. The first-order valence-corrected chi connectivity index (χ1v) is 5.43. The predicted molar refractivity (Wildman–Crippen MR) is 56.8 cm³/mol. The molecule has 2 rings (SSSR count). The van der Waals surface area contributed by atoms with Crippen molar-refractivity contribution in [1.82, 2.24) is 9.78 Å². The van der Waals surface area contributed by atoms with Crippen LogP contribution in [-0.2, 0) is 17.4 Å².